The van der Waals surface area contributed by atoms with Crippen molar-refractivity contribution in [2.24, 2.45) is 11.7 Å². The zero-order valence-electron chi connectivity index (χ0n) is 4.79. The maximum atomic E-state index is 10.2. The van der Waals surface area contributed by atoms with Gasteiger partial charge in [0.1, 0.15) is 5.54 Å². The van der Waals surface area contributed by atoms with Crippen LogP contribution in [-0.2, 0) is 4.79 Å². The van der Waals surface area contributed by atoms with E-state index in [0.717, 1.165) is 0 Å². The lowest BCUT2D eigenvalue weighted by Gasteiger charge is -1.98. The van der Waals surface area contributed by atoms with Crippen molar-refractivity contribution in [3.63, 3.8) is 0 Å². The SMILES string of the molecule is C#C[C@H]1C[C@@]1(N)C(=O)O. The zero-order chi connectivity index (χ0) is 7.07. The summed E-state index contributed by atoms with van der Waals surface area (Å²) in [5, 5.41) is 8.39. The minimum absolute atomic E-state index is 0.255. The number of carboxylic acid groups (broad SMARTS) is 1. The van der Waals surface area contributed by atoms with Gasteiger partial charge in [0.05, 0.1) is 5.92 Å². The van der Waals surface area contributed by atoms with Gasteiger partial charge in [0.15, 0.2) is 0 Å². The van der Waals surface area contributed by atoms with E-state index in [1.165, 1.54) is 0 Å². The Morgan fingerprint density at radius 2 is 2.56 bits per heavy atom. The van der Waals surface area contributed by atoms with Crippen LogP contribution in [0.15, 0.2) is 0 Å². The molecular formula is C6H7NO2. The maximum absolute atomic E-state index is 10.2. The van der Waals surface area contributed by atoms with Crippen molar-refractivity contribution in [1.82, 2.24) is 0 Å². The van der Waals surface area contributed by atoms with Gasteiger partial charge >= 0.3 is 5.97 Å². The van der Waals surface area contributed by atoms with Gasteiger partial charge < -0.3 is 10.8 Å². The molecule has 1 saturated carbocycles. The highest BCUT2D eigenvalue weighted by Gasteiger charge is 2.56. The Balaban J connectivity index is 2.65. The third-order valence-electron chi connectivity index (χ3n) is 1.60. The van der Waals surface area contributed by atoms with Gasteiger partial charge in [-0.05, 0) is 6.42 Å². The van der Waals surface area contributed by atoms with Crippen molar-refractivity contribution in [2.45, 2.75) is 12.0 Å². The third-order valence-corrected chi connectivity index (χ3v) is 1.60. The molecule has 1 aliphatic rings. The quantitative estimate of drug-likeness (QED) is 0.461. The van der Waals surface area contributed by atoms with Crippen LogP contribution in [0.1, 0.15) is 6.42 Å². The molecule has 0 amide bonds. The summed E-state index contributed by atoms with van der Waals surface area (Å²) in [7, 11) is 0. The fourth-order valence-electron chi connectivity index (χ4n) is 0.723. The Bertz CT molecular complexity index is 194. The maximum Gasteiger partial charge on any atom is 0.325 e. The van der Waals surface area contributed by atoms with Crippen LogP contribution in [-0.4, -0.2) is 16.6 Å². The van der Waals surface area contributed by atoms with E-state index in [9.17, 15) is 4.79 Å². The Kier molecular flexibility index (Phi) is 1.01. The molecule has 1 fully saturated rings. The number of carboxylic acids is 1. The molecule has 2 atom stereocenters. The Morgan fingerprint density at radius 1 is 2.00 bits per heavy atom. The van der Waals surface area contributed by atoms with E-state index in [1.807, 2.05) is 0 Å². The lowest BCUT2D eigenvalue weighted by atomic mass is 10.2. The van der Waals surface area contributed by atoms with Gasteiger partial charge in [-0.2, -0.15) is 0 Å². The van der Waals surface area contributed by atoms with E-state index in [2.05, 4.69) is 5.92 Å². The lowest BCUT2D eigenvalue weighted by Crippen LogP contribution is -2.34. The fraction of sp³-hybridized carbons (Fsp3) is 0.500. The second-order valence-electron chi connectivity index (χ2n) is 2.27. The lowest BCUT2D eigenvalue weighted by molar-refractivity contribution is -0.139. The number of carbonyl (C=O) groups is 1. The minimum Gasteiger partial charge on any atom is -0.480 e. The van der Waals surface area contributed by atoms with Gasteiger partial charge in [-0.25, -0.2) is 0 Å². The predicted octanol–water partition coefficient (Wildman–Crippen LogP) is -0.578. The summed E-state index contributed by atoms with van der Waals surface area (Å²) < 4.78 is 0. The van der Waals surface area contributed by atoms with E-state index in [4.69, 9.17) is 17.3 Å². The average molecular weight is 125 g/mol. The number of aliphatic carboxylic acids is 1. The molecule has 9 heavy (non-hydrogen) atoms. The molecule has 3 N–H and O–H groups in total. The zero-order valence-corrected chi connectivity index (χ0v) is 4.79. The van der Waals surface area contributed by atoms with Crippen molar-refractivity contribution in [1.29, 1.82) is 0 Å². The van der Waals surface area contributed by atoms with E-state index in [-0.39, 0.29) is 5.92 Å². The van der Waals surface area contributed by atoms with Crippen molar-refractivity contribution in [3.05, 3.63) is 0 Å². The molecule has 0 aliphatic heterocycles. The van der Waals surface area contributed by atoms with Gasteiger partial charge in [-0.15, -0.1) is 12.3 Å². The summed E-state index contributed by atoms with van der Waals surface area (Å²) in [6.45, 7) is 0. The average Bonchev–Trinajstić information content (AvgIpc) is 2.44. The van der Waals surface area contributed by atoms with Gasteiger partial charge in [0.2, 0.25) is 0 Å². The molecule has 0 aromatic heterocycles. The first kappa shape index (κ1) is 6.12. The topological polar surface area (TPSA) is 63.3 Å². The predicted molar refractivity (Wildman–Crippen MR) is 31.5 cm³/mol. The molecule has 48 valence electrons. The third kappa shape index (κ3) is 0.681. The first-order valence-electron chi connectivity index (χ1n) is 2.59. The summed E-state index contributed by atoms with van der Waals surface area (Å²) in [5.74, 6) is 1.06. The molecule has 0 aromatic carbocycles. The smallest absolute Gasteiger partial charge is 0.325 e. The second kappa shape index (κ2) is 1.49. The molecule has 0 aromatic rings. The highest BCUT2D eigenvalue weighted by atomic mass is 16.4. The van der Waals surface area contributed by atoms with Gasteiger partial charge in [0, 0.05) is 0 Å². The summed E-state index contributed by atoms with van der Waals surface area (Å²) in [6, 6.07) is 0. The van der Waals surface area contributed by atoms with Crippen molar-refractivity contribution in [2.75, 3.05) is 0 Å². The summed E-state index contributed by atoms with van der Waals surface area (Å²) in [5.41, 5.74) is 4.20. The minimum atomic E-state index is -1.10. The van der Waals surface area contributed by atoms with E-state index >= 15 is 0 Å². The summed E-state index contributed by atoms with van der Waals surface area (Å²) in [4.78, 5) is 10.2. The molecule has 0 unspecified atom stereocenters. The molecule has 0 bridgehead atoms. The molecule has 1 rings (SSSR count). The molecule has 0 saturated heterocycles. The van der Waals surface area contributed by atoms with Crippen molar-refractivity contribution < 1.29 is 9.90 Å². The van der Waals surface area contributed by atoms with Crippen LogP contribution in [0.4, 0.5) is 0 Å². The highest BCUT2D eigenvalue weighted by Crippen LogP contribution is 2.40. The Morgan fingerprint density at radius 3 is 2.67 bits per heavy atom. The monoisotopic (exact) mass is 125 g/mol. The van der Waals surface area contributed by atoms with E-state index in [0.29, 0.717) is 6.42 Å². The molecule has 0 heterocycles. The van der Waals surface area contributed by atoms with Crippen LogP contribution >= 0.6 is 0 Å². The molecule has 3 nitrogen and oxygen atoms in total. The van der Waals surface area contributed by atoms with E-state index < -0.39 is 11.5 Å². The number of terminal acetylenes is 1. The molecule has 0 radical (unpaired) electrons. The van der Waals surface area contributed by atoms with Crippen LogP contribution in [0.25, 0.3) is 0 Å². The van der Waals surface area contributed by atoms with E-state index in [1.54, 1.807) is 0 Å². The molecule has 3 heteroatoms. The highest BCUT2D eigenvalue weighted by molar-refractivity contribution is 5.83. The van der Waals surface area contributed by atoms with Crippen LogP contribution in [0, 0.1) is 18.3 Å². The van der Waals surface area contributed by atoms with Gasteiger partial charge in [0.25, 0.3) is 0 Å². The molecule has 0 spiro atoms. The van der Waals surface area contributed by atoms with Gasteiger partial charge in [-0.3, -0.25) is 4.79 Å². The van der Waals surface area contributed by atoms with Crippen LogP contribution in [0.2, 0.25) is 0 Å². The standard InChI is InChI=1S/C6H7NO2/c1-2-4-3-6(4,7)5(8)9/h1,4H,3,7H2,(H,8,9)/t4-,6-/m0/s1. The van der Waals surface area contributed by atoms with Crippen molar-refractivity contribution in [3.8, 4) is 12.3 Å². The van der Waals surface area contributed by atoms with Crippen LogP contribution < -0.4 is 5.73 Å². The fourth-order valence-corrected chi connectivity index (χ4v) is 0.723. The Hall–Kier alpha value is -1.01. The Labute approximate surface area is 52.9 Å². The normalized spacial score (nSPS) is 39.3. The first-order valence-corrected chi connectivity index (χ1v) is 2.59. The summed E-state index contributed by atoms with van der Waals surface area (Å²) in [6.07, 6.45) is 5.37. The summed E-state index contributed by atoms with van der Waals surface area (Å²) >= 11 is 0. The van der Waals surface area contributed by atoms with Crippen LogP contribution in [0.5, 0.6) is 0 Å². The number of hydrogen-bond donors (Lipinski definition) is 2. The molecule has 1 aliphatic carbocycles. The number of nitrogens with two attached hydrogens (primary N) is 1. The number of hydrogen-bond acceptors (Lipinski definition) is 2. The first-order chi connectivity index (χ1) is 4.11. The van der Waals surface area contributed by atoms with Crippen molar-refractivity contribution >= 4 is 5.97 Å². The second-order valence-corrected chi connectivity index (χ2v) is 2.27. The largest absolute Gasteiger partial charge is 0.480 e. The van der Waals surface area contributed by atoms with Gasteiger partial charge in [-0.1, -0.05) is 0 Å². The van der Waals surface area contributed by atoms with Crippen LogP contribution in [0.3, 0.4) is 0 Å². The number of rotatable bonds is 1. The molecular weight excluding hydrogens is 118 g/mol.